The Kier molecular flexibility index (Phi) is 16.0. The summed E-state index contributed by atoms with van der Waals surface area (Å²) < 4.78 is 154. The number of halogens is 9. The molecular formula is C41H42ClF8N3O6S2. The number of fused-ring (bicyclic) bond motifs is 2. The summed E-state index contributed by atoms with van der Waals surface area (Å²) >= 11 is 0. The second-order valence-electron chi connectivity index (χ2n) is 14.4. The minimum atomic E-state index is -4.31. The lowest BCUT2D eigenvalue weighted by molar-refractivity contribution is -0.119. The highest BCUT2D eigenvalue weighted by Crippen LogP contribution is 2.32. The first-order chi connectivity index (χ1) is 28.4. The molecule has 0 spiro atoms. The van der Waals surface area contributed by atoms with Crippen LogP contribution in [0.1, 0.15) is 78.5 Å². The molecule has 20 heteroatoms. The number of anilines is 3. The average molecular weight is 924 g/mol. The molecule has 2 N–H and O–H groups in total. The summed E-state index contributed by atoms with van der Waals surface area (Å²) in [5, 5.41) is 0. The van der Waals surface area contributed by atoms with Gasteiger partial charge in [0.15, 0.2) is 56.4 Å². The maximum absolute atomic E-state index is 14.1. The Morgan fingerprint density at radius 2 is 0.967 bits per heavy atom. The predicted octanol–water partition coefficient (Wildman–Crippen LogP) is 8.93. The third-order valence-electron chi connectivity index (χ3n) is 9.76. The molecule has 61 heavy (non-hydrogen) atoms. The van der Waals surface area contributed by atoms with E-state index in [1.54, 1.807) is 17.0 Å². The van der Waals surface area contributed by atoms with Crippen molar-refractivity contribution in [2.24, 2.45) is 0 Å². The fraction of sp³-hybridized carbons (Fsp3) is 0.366. The fourth-order valence-corrected chi connectivity index (χ4v) is 9.15. The second-order valence-corrected chi connectivity index (χ2v) is 19.2. The molecule has 6 rings (SSSR count). The third kappa shape index (κ3) is 11.6. The SMILES string of the molecule is CCCN1C(=O)CCc2cc(CS(=O)(=O)Cc3c(F)c(F)c(C)c(F)c3F)ccc21.CCCN1C(=O)CCc2cc(N)ccc21.Cc1c(F)c(F)c(CS(=O)(=O)Cl)c(F)c1F. The number of hydrogen-bond acceptors (Lipinski definition) is 7. The quantitative estimate of drug-likeness (QED) is 0.0727. The second kappa shape index (κ2) is 20.0. The highest BCUT2D eigenvalue weighted by atomic mass is 35.7. The van der Waals surface area contributed by atoms with E-state index in [2.05, 4.69) is 6.92 Å². The van der Waals surface area contributed by atoms with Gasteiger partial charge in [-0.1, -0.05) is 26.0 Å². The lowest BCUT2D eigenvalue weighted by Gasteiger charge is -2.29. The van der Waals surface area contributed by atoms with Crippen molar-refractivity contribution in [2.75, 3.05) is 28.6 Å². The Hall–Kier alpha value is -4.75. The zero-order valence-corrected chi connectivity index (χ0v) is 35.8. The van der Waals surface area contributed by atoms with Gasteiger partial charge in [-0.2, -0.15) is 0 Å². The molecule has 4 aromatic carbocycles. The first-order valence-corrected chi connectivity index (χ1v) is 23.1. The summed E-state index contributed by atoms with van der Waals surface area (Å²) in [6, 6.07) is 10.6. The first-order valence-electron chi connectivity index (χ1n) is 18.8. The normalized spacial score (nSPS) is 13.9. The van der Waals surface area contributed by atoms with Crippen LogP contribution in [-0.2, 0) is 58.6 Å². The minimum absolute atomic E-state index is 0.000837. The highest BCUT2D eigenvalue weighted by Gasteiger charge is 2.29. The Balaban J connectivity index is 0.000000222. The number of carbonyl (C=O) groups excluding carboxylic acids is 2. The van der Waals surface area contributed by atoms with Gasteiger partial charge in [-0.25, -0.2) is 52.0 Å². The van der Waals surface area contributed by atoms with Crippen molar-refractivity contribution >= 4 is 58.4 Å². The Morgan fingerprint density at radius 1 is 0.574 bits per heavy atom. The van der Waals surface area contributed by atoms with E-state index >= 15 is 0 Å². The summed E-state index contributed by atoms with van der Waals surface area (Å²) in [6.07, 6.45) is 3.94. The number of benzene rings is 4. The van der Waals surface area contributed by atoms with Crippen LogP contribution in [0, 0.1) is 60.4 Å². The number of rotatable bonds is 10. The van der Waals surface area contributed by atoms with Gasteiger partial charge >= 0.3 is 0 Å². The van der Waals surface area contributed by atoms with E-state index in [1.807, 2.05) is 30.0 Å². The number of nitrogen functional groups attached to an aromatic ring is 1. The summed E-state index contributed by atoms with van der Waals surface area (Å²) in [5.74, 6) is -16.2. The van der Waals surface area contributed by atoms with Crippen LogP contribution in [-0.4, -0.2) is 41.7 Å². The van der Waals surface area contributed by atoms with Crippen molar-refractivity contribution in [1.82, 2.24) is 0 Å². The van der Waals surface area contributed by atoms with Gasteiger partial charge in [0, 0.05) is 75.9 Å². The first kappa shape index (κ1) is 48.9. The monoisotopic (exact) mass is 923 g/mol. The highest BCUT2D eigenvalue weighted by molar-refractivity contribution is 8.13. The lowest BCUT2D eigenvalue weighted by Crippen LogP contribution is -2.35. The van der Waals surface area contributed by atoms with E-state index in [4.69, 9.17) is 16.4 Å². The van der Waals surface area contributed by atoms with Gasteiger partial charge in [0.1, 0.15) is 0 Å². The predicted molar refractivity (Wildman–Crippen MR) is 216 cm³/mol. The van der Waals surface area contributed by atoms with Crippen molar-refractivity contribution in [3.05, 3.63) is 122 Å². The molecule has 2 aliphatic heterocycles. The number of hydrogen-bond donors (Lipinski definition) is 1. The molecule has 0 bridgehead atoms. The lowest BCUT2D eigenvalue weighted by atomic mass is 9.99. The van der Waals surface area contributed by atoms with Crippen LogP contribution in [0.25, 0.3) is 0 Å². The number of nitrogens with zero attached hydrogens (tertiary/aromatic N) is 2. The van der Waals surface area contributed by atoms with Crippen LogP contribution in [0.2, 0.25) is 0 Å². The third-order valence-corrected chi connectivity index (χ3v) is 12.2. The average Bonchev–Trinajstić information content (AvgIpc) is 3.20. The molecule has 332 valence electrons. The van der Waals surface area contributed by atoms with Gasteiger partial charge in [-0.15, -0.1) is 0 Å². The number of carbonyl (C=O) groups is 2. The molecule has 2 aliphatic rings. The maximum atomic E-state index is 14.1. The van der Waals surface area contributed by atoms with Crippen LogP contribution in [0.15, 0.2) is 36.4 Å². The van der Waals surface area contributed by atoms with Crippen LogP contribution < -0.4 is 15.5 Å². The molecule has 0 saturated heterocycles. The van der Waals surface area contributed by atoms with E-state index < -0.39 is 105 Å². The van der Waals surface area contributed by atoms with Crippen molar-refractivity contribution in [3.8, 4) is 0 Å². The fourth-order valence-electron chi connectivity index (χ4n) is 6.75. The van der Waals surface area contributed by atoms with Gasteiger partial charge in [0.2, 0.25) is 20.9 Å². The Labute approximate surface area is 352 Å². The van der Waals surface area contributed by atoms with Crippen molar-refractivity contribution in [2.45, 2.75) is 83.5 Å². The number of amides is 2. The van der Waals surface area contributed by atoms with E-state index in [-0.39, 0.29) is 11.8 Å². The van der Waals surface area contributed by atoms with E-state index in [0.29, 0.717) is 37.1 Å². The van der Waals surface area contributed by atoms with E-state index in [0.717, 1.165) is 56.6 Å². The Morgan fingerprint density at radius 3 is 1.38 bits per heavy atom. The van der Waals surface area contributed by atoms with Crippen molar-refractivity contribution < 1.29 is 61.5 Å². The number of sulfone groups is 1. The zero-order valence-electron chi connectivity index (χ0n) is 33.4. The standard InChI is InChI=1S/C21H21F4NO3S.C12H16N2O.C8H5ClF4O2S/c1-3-8-26-16-6-4-13(9-14(16)5-7-17(26)27)10-30(28,29)11-15-20(24)18(22)12(2)19(23)21(15)25;1-2-7-14-11-5-4-10(13)8-9(11)3-6-12(14)15;1-3-5(10)7(12)4(2-16(9,14)15)8(13)6(3)11/h4,6,9H,3,5,7-8,10-11H2,1-2H3;4-5,8H,2-3,6-7,13H2,1H3;2H2,1H3. The molecule has 0 aliphatic carbocycles. The molecule has 0 radical (unpaired) electrons. The van der Waals surface area contributed by atoms with Gasteiger partial charge in [0.05, 0.1) is 17.3 Å². The molecule has 0 fully saturated rings. The van der Waals surface area contributed by atoms with Crippen molar-refractivity contribution in [3.63, 3.8) is 0 Å². The number of aryl methyl sites for hydroxylation is 2. The Bertz CT molecular complexity index is 2520. The molecule has 0 aromatic heterocycles. The van der Waals surface area contributed by atoms with E-state index in [9.17, 15) is 61.5 Å². The van der Waals surface area contributed by atoms with Crippen LogP contribution >= 0.6 is 10.7 Å². The molecule has 0 saturated carbocycles. The smallest absolute Gasteiger partial charge is 0.236 e. The number of nitrogens with two attached hydrogens (primary N) is 1. The van der Waals surface area contributed by atoms with Gasteiger partial charge in [0.25, 0.3) is 0 Å². The van der Waals surface area contributed by atoms with Gasteiger partial charge in [-0.3, -0.25) is 9.59 Å². The summed E-state index contributed by atoms with van der Waals surface area (Å²) in [5.41, 5.74) is 6.56. The minimum Gasteiger partial charge on any atom is -0.399 e. The van der Waals surface area contributed by atoms with Gasteiger partial charge < -0.3 is 15.5 Å². The van der Waals surface area contributed by atoms with Crippen LogP contribution in [0.3, 0.4) is 0 Å². The molecule has 2 heterocycles. The molecular weight excluding hydrogens is 882 g/mol. The molecule has 9 nitrogen and oxygen atoms in total. The summed E-state index contributed by atoms with van der Waals surface area (Å²) in [6.45, 7) is 7.07. The summed E-state index contributed by atoms with van der Waals surface area (Å²) in [7, 11) is -3.69. The van der Waals surface area contributed by atoms with Crippen LogP contribution in [0.4, 0.5) is 52.2 Å². The molecule has 0 atom stereocenters. The topological polar surface area (TPSA) is 135 Å². The molecule has 0 unspecified atom stereocenters. The van der Waals surface area contributed by atoms with E-state index in [1.165, 1.54) is 11.6 Å². The molecule has 4 aromatic rings. The van der Waals surface area contributed by atoms with Crippen LogP contribution in [0.5, 0.6) is 0 Å². The zero-order chi connectivity index (χ0) is 45.7. The maximum Gasteiger partial charge on any atom is 0.236 e. The molecule has 2 amide bonds. The largest absolute Gasteiger partial charge is 0.399 e. The summed E-state index contributed by atoms with van der Waals surface area (Å²) in [4.78, 5) is 27.4. The van der Waals surface area contributed by atoms with Gasteiger partial charge in [-0.05, 0) is 80.5 Å². The van der Waals surface area contributed by atoms with Crippen molar-refractivity contribution in [1.29, 1.82) is 0 Å².